The zero-order chi connectivity index (χ0) is 12.6. The van der Waals surface area contributed by atoms with Crippen LogP contribution in [-0.2, 0) is 4.74 Å². The van der Waals surface area contributed by atoms with Crippen LogP contribution in [0, 0.1) is 11.8 Å². The first kappa shape index (κ1) is 12.7. The van der Waals surface area contributed by atoms with E-state index in [-0.39, 0.29) is 18.1 Å². The van der Waals surface area contributed by atoms with Crippen LogP contribution in [0.25, 0.3) is 0 Å². The molecule has 2 fully saturated rings. The number of carbonyl (C=O) groups is 1. The summed E-state index contributed by atoms with van der Waals surface area (Å²) in [6.07, 6.45) is 2.72. The van der Waals surface area contributed by atoms with Crippen LogP contribution < -0.4 is 0 Å². The predicted octanol–water partition coefficient (Wildman–Crippen LogP) is 2.01. The summed E-state index contributed by atoms with van der Waals surface area (Å²) in [7, 11) is 0. The van der Waals surface area contributed by atoms with Gasteiger partial charge in [-0.15, -0.1) is 0 Å². The molecule has 0 radical (unpaired) electrons. The molecule has 1 aliphatic carbocycles. The van der Waals surface area contributed by atoms with Gasteiger partial charge in [0.1, 0.15) is 5.60 Å². The van der Waals surface area contributed by atoms with Gasteiger partial charge in [-0.3, -0.25) is 0 Å². The number of amides is 1. The number of hydrogen-bond donors (Lipinski definition) is 1. The number of nitrogens with zero attached hydrogens (tertiary/aromatic N) is 1. The van der Waals surface area contributed by atoms with Crippen molar-refractivity contribution in [3.8, 4) is 0 Å². The molecule has 0 spiro atoms. The SMILES string of the molecule is CC(C)(C)OC(=O)N1CCC([C@H](O)C2CC2)C1. The highest BCUT2D eigenvalue weighted by molar-refractivity contribution is 5.68. The molecule has 0 aromatic carbocycles. The Kier molecular flexibility index (Phi) is 3.34. The molecule has 1 N–H and O–H groups in total. The van der Waals surface area contributed by atoms with Gasteiger partial charge in [0, 0.05) is 19.0 Å². The summed E-state index contributed by atoms with van der Waals surface area (Å²) in [5.41, 5.74) is -0.440. The number of rotatable bonds is 2. The summed E-state index contributed by atoms with van der Waals surface area (Å²) in [6, 6.07) is 0. The monoisotopic (exact) mass is 241 g/mol. The highest BCUT2D eigenvalue weighted by Gasteiger charge is 2.40. The molecule has 2 aliphatic rings. The van der Waals surface area contributed by atoms with Gasteiger partial charge in [-0.1, -0.05) is 0 Å². The smallest absolute Gasteiger partial charge is 0.410 e. The van der Waals surface area contributed by atoms with Crippen molar-refractivity contribution >= 4 is 6.09 Å². The van der Waals surface area contributed by atoms with Crippen molar-refractivity contribution < 1.29 is 14.6 Å². The summed E-state index contributed by atoms with van der Waals surface area (Å²) in [5.74, 6) is 0.730. The maximum Gasteiger partial charge on any atom is 0.410 e. The Morgan fingerprint density at radius 3 is 2.47 bits per heavy atom. The van der Waals surface area contributed by atoms with Crippen molar-refractivity contribution in [1.29, 1.82) is 0 Å². The minimum absolute atomic E-state index is 0.220. The second-order valence-corrected chi connectivity index (χ2v) is 6.30. The number of aliphatic hydroxyl groups is 1. The van der Waals surface area contributed by atoms with Gasteiger partial charge < -0.3 is 14.7 Å². The summed E-state index contributed by atoms with van der Waals surface area (Å²) in [5, 5.41) is 10.0. The van der Waals surface area contributed by atoms with Crippen molar-refractivity contribution in [3.63, 3.8) is 0 Å². The van der Waals surface area contributed by atoms with Gasteiger partial charge in [-0.2, -0.15) is 0 Å². The third-order valence-electron chi connectivity index (χ3n) is 3.46. The van der Waals surface area contributed by atoms with Crippen LogP contribution in [0.4, 0.5) is 4.79 Å². The summed E-state index contributed by atoms with van der Waals surface area (Å²) in [4.78, 5) is 13.6. The third-order valence-corrected chi connectivity index (χ3v) is 3.46. The minimum Gasteiger partial charge on any atom is -0.444 e. The zero-order valence-corrected chi connectivity index (χ0v) is 11.0. The van der Waals surface area contributed by atoms with Gasteiger partial charge in [-0.25, -0.2) is 4.79 Å². The van der Waals surface area contributed by atoms with Gasteiger partial charge in [0.25, 0.3) is 0 Å². The van der Waals surface area contributed by atoms with Crippen LogP contribution in [0.1, 0.15) is 40.0 Å². The number of likely N-dealkylation sites (tertiary alicyclic amines) is 1. The molecule has 0 aromatic heterocycles. The van der Waals surface area contributed by atoms with Crippen LogP contribution in [0.2, 0.25) is 0 Å². The predicted molar refractivity (Wildman–Crippen MR) is 64.6 cm³/mol. The van der Waals surface area contributed by atoms with Gasteiger partial charge in [0.05, 0.1) is 6.10 Å². The van der Waals surface area contributed by atoms with Gasteiger partial charge >= 0.3 is 6.09 Å². The lowest BCUT2D eigenvalue weighted by atomic mass is 9.98. The molecular formula is C13H23NO3. The first-order chi connectivity index (χ1) is 7.87. The molecule has 2 atom stereocenters. The molecule has 0 bridgehead atoms. The Bertz CT molecular complexity index is 294. The lowest BCUT2D eigenvalue weighted by Gasteiger charge is -2.25. The van der Waals surface area contributed by atoms with E-state index in [0.717, 1.165) is 19.3 Å². The molecule has 1 amide bonds. The highest BCUT2D eigenvalue weighted by Crippen LogP contribution is 2.38. The van der Waals surface area contributed by atoms with Crippen LogP contribution in [0.15, 0.2) is 0 Å². The lowest BCUT2D eigenvalue weighted by Crippen LogP contribution is -2.36. The molecule has 1 aliphatic heterocycles. The molecule has 4 nitrogen and oxygen atoms in total. The van der Waals surface area contributed by atoms with Crippen molar-refractivity contribution in [3.05, 3.63) is 0 Å². The van der Waals surface area contributed by atoms with E-state index in [4.69, 9.17) is 4.74 Å². The van der Waals surface area contributed by atoms with E-state index in [1.165, 1.54) is 0 Å². The first-order valence-corrected chi connectivity index (χ1v) is 6.53. The Hall–Kier alpha value is -0.770. The van der Waals surface area contributed by atoms with Gasteiger partial charge in [-0.05, 0) is 46.0 Å². The molecule has 1 saturated carbocycles. The Labute approximate surface area is 103 Å². The molecule has 1 heterocycles. The van der Waals surface area contributed by atoms with E-state index < -0.39 is 5.60 Å². The summed E-state index contributed by atoms with van der Waals surface area (Å²) >= 11 is 0. The second-order valence-electron chi connectivity index (χ2n) is 6.30. The van der Waals surface area contributed by atoms with E-state index in [0.29, 0.717) is 19.0 Å². The quantitative estimate of drug-likeness (QED) is 0.804. The minimum atomic E-state index is -0.440. The largest absolute Gasteiger partial charge is 0.444 e. The van der Waals surface area contributed by atoms with E-state index in [1.54, 1.807) is 4.90 Å². The molecule has 1 unspecified atom stereocenters. The number of hydrogen-bond acceptors (Lipinski definition) is 3. The van der Waals surface area contributed by atoms with E-state index in [2.05, 4.69) is 0 Å². The highest BCUT2D eigenvalue weighted by atomic mass is 16.6. The molecular weight excluding hydrogens is 218 g/mol. The topological polar surface area (TPSA) is 49.8 Å². The Morgan fingerprint density at radius 2 is 1.94 bits per heavy atom. The zero-order valence-electron chi connectivity index (χ0n) is 11.0. The Morgan fingerprint density at radius 1 is 1.29 bits per heavy atom. The maximum absolute atomic E-state index is 11.8. The maximum atomic E-state index is 11.8. The second kappa shape index (κ2) is 4.48. The Balaban J connectivity index is 1.82. The van der Waals surface area contributed by atoms with Crippen molar-refractivity contribution in [2.75, 3.05) is 13.1 Å². The summed E-state index contributed by atoms with van der Waals surface area (Å²) < 4.78 is 5.33. The normalized spacial score (nSPS) is 27.1. The van der Waals surface area contributed by atoms with Crippen LogP contribution >= 0.6 is 0 Å². The molecule has 98 valence electrons. The molecule has 17 heavy (non-hydrogen) atoms. The third kappa shape index (κ3) is 3.35. The molecule has 2 rings (SSSR count). The van der Waals surface area contributed by atoms with Crippen LogP contribution in [0.3, 0.4) is 0 Å². The first-order valence-electron chi connectivity index (χ1n) is 6.53. The standard InChI is InChI=1S/C13H23NO3/c1-13(2,3)17-12(16)14-7-6-10(8-14)11(15)9-4-5-9/h9-11,15H,4-8H2,1-3H3/t10?,11-/m1/s1. The molecule has 1 saturated heterocycles. The molecule has 4 heteroatoms. The van der Waals surface area contributed by atoms with E-state index >= 15 is 0 Å². The van der Waals surface area contributed by atoms with Crippen LogP contribution in [-0.4, -0.2) is 40.9 Å². The van der Waals surface area contributed by atoms with Crippen molar-refractivity contribution in [2.24, 2.45) is 11.8 Å². The van der Waals surface area contributed by atoms with E-state index in [9.17, 15) is 9.90 Å². The average molecular weight is 241 g/mol. The number of carbonyl (C=O) groups excluding carboxylic acids is 1. The lowest BCUT2D eigenvalue weighted by molar-refractivity contribution is 0.0261. The van der Waals surface area contributed by atoms with Crippen LogP contribution in [0.5, 0.6) is 0 Å². The number of aliphatic hydroxyl groups excluding tert-OH is 1. The molecule has 0 aromatic rings. The fraction of sp³-hybridized carbons (Fsp3) is 0.923. The fourth-order valence-corrected chi connectivity index (χ4v) is 2.38. The average Bonchev–Trinajstić information content (AvgIpc) is 2.91. The van der Waals surface area contributed by atoms with Crippen molar-refractivity contribution in [2.45, 2.75) is 51.7 Å². The van der Waals surface area contributed by atoms with E-state index in [1.807, 2.05) is 20.8 Å². The van der Waals surface area contributed by atoms with Gasteiger partial charge in [0.15, 0.2) is 0 Å². The van der Waals surface area contributed by atoms with Gasteiger partial charge in [0.2, 0.25) is 0 Å². The van der Waals surface area contributed by atoms with Crippen molar-refractivity contribution in [1.82, 2.24) is 4.90 Å². The number of ether oxygens (including phenoxy) is 1. The summed E-state index contributed by atoms with van der Waals surface area (Å²) in [6.45, 7) is 6.97. The fourth-order valence-electron chi connectivity index (χ4n) is 2.38.